The number of rotatable bonds is 7. The van der Waals surface area contributed by atoms with Gasteiger partial charge in [-0.15, -0.1) is 10.2 Å². The van der Waals surface area contributed by atoms with Gasteiger partial charge in [0.2, 0.25) is 5.91 Å². The average Bonchev–Trinajstić information content (AvgIpc) is 3.34. The predicted molar refractivity (Wildman–Crippen MR) is 151 cm³/mol. The van der Waals surface area contributed by atoms with Crippen LogP contribution in [0.15, 0.2) is 71.9 Å². The first-order valence-electron chi connectivity index (χ1n) is 12.5. The first kappa shape index (κ1) is 26.0. The molecule has 3 aromatic carbocycles. The minimum atomic E-state index is -0.193. The van der Waals surface area contributed by atoms with Gasteiger partial charge in [0, 0.05) is 22.8 Å². The maximum Gasteiger partial charge on any atom is 0.251 e. The molecule has 1 aliphatic heterocycles. The van der Waals surface area contributed by atoms with Gasteiger partial charge in [-0.2, -0.15) is 0 Å². The molecular weight excluding hydrogens is 518 g/mol. The molecule has 0 radical (unpaired) electrons. The highest BCUT2D eigenvalue weighted by molar-refractivity contribution is 7.99. The Bertz CT molecular complexity index is 1500. The van der Waals surface area contributed by atoms with Crippen LogP contribution in [0, 0.1) is 13.8 Å². The minimum absolute atomic E-state index is 0.0207. The van der Waals surface area contributed by atoms with Crippen molar-refractivity contribution in [2.24, 2.45) is 0 Å². The molecule has 1 aromatic heterocycles. The number of aryl methyl sites for hydroxylation is 3. The molecule has 2 amide bonds. The van der Waals surface area contributed by atoms with Crippen molar-refractivity contribution in [1.29, 1.82) is 0 Å². The van der Waals surface area contributed by atoms with E-state index in [1.807, 2.05) is 77.9 Å². The lowest BCUT2D eigenvalue weighted by molar-refractivity contribution is -0.116. The van der Waals surface area contributed by atoms with Crippen LogP contribution >= 0.6 is 23.4 Å². The van der Waals surface area contributed by atoms with Crippen molar-refractivity contribution in [1.82, 2.24) is 20.1 Å². The Labute approximate surface area is 231 Å². The van der Waals surface area contributed by atoms with E-state index in [0.29, 0.717) is 28.1 Å². The molecule has 194 valence electrons. The van der Waals surface area contributed by atoms with E-state index in [-0.39, 0.29) is 24.1 Å². The number of carbonyl (C=O) groups is 2. The summed E-state index contributed by atoms with van der Waals surface area (Å²) in [6.45, 7) is 4.86. The molecular formula is C29H28ClN5O2S. The van der Waals surface area contributed by atoms with Crippen molar-refractivity contribution in [3.05, 3.63) is 99.8 Å². The highest BCUT2D eigenvalue weighted by Crippen LogP contribution is 2.29. The highest BCUT2D eigenvalue weighted by Gasteiger charge is 2.24. The van der Waals surface area contributed by atoms with Crippen LogP contribution in [0.5, 0.6) is 0 Å². The van der Waals surface area contributed by atoms with E-state index in [0.717, 1.165) is 35.3 Å². The summed E-state index contributed by atoms with van der Waals surface area (Å²) in [4.78, 5) is 27.9. The molecule has 0 atom stereocenters. The summed E-state index contributed by atoms with van der Waals surface area (Å²) in [6.07, 6.45) is 1.92. The number of thioether (sulfide) groups is 1. The Kier molecular flexibility index (Phi) is 7.81. The Balaban J connectivity index is 1.35. The third kappa shape index (κ3) is 5.61. The first-order chi connectivity index (χ1) is 18.4. The van der Waals surface area contributed by atoms with E-state index in [4.69, 9.17) is 11.6 Å². The maximum absolute atomic E-state index is 13.2. The van der Waals surface area contributed by atoms with E-state index in [2.05, 4.69) is 21.6 Å². The van der Waals surface area contributed by atoms with Crippen molar-refractivity contribution in [2.75, 3.05) is 17.2 Å². The van der Waals surface area contributed by atoms with Gasteiger partial charge in [0.15, 0.2) is 11.0 Å². The summed E-state index contributed by atoms with van der Waals surface area (Å²) in [5.74, 6) is 0.583. The largest absolute Gasteiger partial charge is 0.345 e. The van der Waals surface area contributed by atoms with Gasteiger partial charge in [-0.1, -0.05) is 53.7 Å². The molecule has 0 saturated heterocycles. The molecule has 0 bridgehead atoms. The quantitative estimate of drug-likeness (QED) is 0.308. The second-order valence-corrected chi connectivity index (χ2v) is 10.6. The second kappa shape index (κ2) is 11.4. The van der Waals surface area contributed by atoms with Crippen LogP contribution in [0.1, 0.15) is 39.3 Å². The lowest BCUT2D eigenvalue weighted by Gasteiger charge is -2.29. The van der Waals surface area contributed by atoms with Gasteiger partial charge in [-0.25, -0.2) is 0 Å². The molecule has 2 heterocycles. The molecule has 0 aliphatic carbocycles. The smallest absolute Gasteiger partial charge is 0.251 e. The third-order valence-corrected chi connectivity index (χ3v) is 7.83. The van der Waals surface area contributed by atoms with Crippen molar-refractivity contribution >= 4 is 40.9 Å². The normalized spacial score (nSPS) is 12.8. The lowest BCUT2D eigenvalue weighted by atomic mass is 10.0. The molecule has 7 nitrogen and oxygen atoms in total. The summed E-state index contributed by atoms with van der Waals surface area (Å²) in [6, 6.07) is 21.0. The van der Waals surface area contributed by atoms with Crippen molar-refractivity contribution < 1.29 is 9.59 Å². The fourth-order valence-electron chi connectivity index (χ4n) is 4.52. The zero-order valence-corrected chi connectivity index (χ0v) is 22.9. The van der Waals surface area contributed by atoms with Crippen molar-refractivity contribution in [3.8, 4) is 5.69 Å². The minimum Gasteiger partial charge on any atom is -0.345 e. The molecule has 38 heavy (non-hydrogen) atoms. The number of halogens is 1. The van der Waals surface area contributed by atoms with Gasteiger partial charge in [0.05, 0.1) is 18.0 Å². The lowest BCUT2D eigenvalue weighted by Crippen LogP contribution is -2.36. The molecule has 9 heteroatoms. The Morgan fingerprint density at radius 2 is 1.84 bits per heavy atom. The van der Waals surface area contributed by atoms with Crippen LogP contribution < -0.4 is 10.2 Å². The van der Waals surface area contributed by atoms with E-state index in [1.165, 1.54) is 17.3 Å². The van der Waals surface area contributed by atoms with Crippen LogP contribution in [0.4, 0.5) is 5.69 Å². The Morgan fingerprint density at radius 3 is 2.66 bits per heavy atom. The zero-order valence-electron chi connectivity index (χ0n) is 21.3. The summed E-state index contributed by atoms with van der Waals surface area (Å²) in [5.41, 5.74) is 5.71. The number of para-hydroxylation sites is 1. The fraction of sp³-hybridized carbons (Fsp3) is 0.241. The molecule has 0 spiro atoms. The number of nitrogens with one attached hydrogen (secondary N) is 1. The topological polar surface area (TPSA) is 80.1 Å². The monoisotopic (exact) mass is 545 g/mol. The van der Waals surface area contributed by atoms with Crippen LogP contribution in [0.2, 0.25) is 5.02 Å². The number of fused-ring (bicyclic) bond motifs is 1. The molecule has 5 rings (SSSR count). The molecule has 0 unspecified atom stereocenters. The van der Waals surface area contributed by atoms with Gasteiger partial charge in [0.25, 0.3) is 5.91 Å². The number of hydrogen-bond acceptors (Lipinski definition) is 5. The third-order valence-electron chi connectivity index (χ3n) is 6.68. The Morgan fingerprint density at radius 1 is 1.00 bits per heavy atom. The van der Waals surface area contributed by atoms with E-state index in [1.54, 1.807) is 6.07 Å². The summed E-state index contributed by atoms with van der Waals surface area (Å²) >= 11 is 7.61. The SMILES string of the molecule is Cc1ccc(C(=O)NCc2nnc(SCC(=O)N3CCCc4ccccc43)n2-c2cccc(Cl)c2)cc1C. The summed E-state index contributed by atoms with van der Waals surface area (Å²) in [7, 11) is 0. The van der Waals surface area contributed by atoms with Gasteiger partial charge in [-0.05, 0) is 79.8 Å². The number of nitrogens with zero attached hydrogens (tertiary/aromatic N) is 4. The number of amides is 2. The standard InChI is InChI=1S/C29H28ClN5O2S/c1-19-12-13-22(15-20(19)2)28(37)31-17-26-32-33-29(35(26)24-10-5-9-23(30)16-24)38-18-27(36)34-14-6-8-21-7-3-4-11-25(21)34/h3-5,7,9-13,15-16H,6,8,14,17-18H2,1-2H3,(H,31,37). The van der Waals surface area contributed by atoms with Crippen molar-refractivity contribution in [3.63, 3.8) is 0 Å². The second-order valence-electron chi connectivity index (χ2n) is 9.26. The maximum atomic E-state index is 13.2. The average molecular weight is 546 g/mol. The zero-order chi connectivity index (χ0) is 26.6. The summed E-state index contributed by atoms with van der Waals surface area (Å²) < 4.78 is 1.84. The van der Waals surface area contributed by atoms with E-state index in [9.17, 15) is 9.59 Å². The number of hydrogen-bond donors (Lipinski definition) is 1. The Hall–Kier alpha value is -3.62. The van der Waals surface area contributed by atoms with Crippen molar-refractivity contribution in [2.45, 2.75) is 38.4 Å². The molecule has 0 fully saturated rings. The molecule has 1 aliphatic rings. The number of aromatic nitrogens is 3. The van der Waals surface area contributed by atoms with Crippen LogP contribution in [0.25, 0.3) is 5.69 Å². The van der Waals surface area contributed by atoms with Gasteiger partial charge in [-0.3, -0.25) is 14.2 Å². The van der Waals surface area contributed by atoms with E-state index >= 15 is 0 Å². The fourth-order valence-corrected chi connectivity index (χ4v) is 5.56. The van der Waals surface area contributed by atoms with Gasteiger partial charge >= 0.3 is 0 Å². The van der Waals surface area contributed by atoms with Gasteiger partial charge in [0.1, 0.15) is 0 Å². The van der Waals surface area contributed by atoms with Crippen LogP contribution in [0.3, 0.4) is 0 Å². The predicted octanol–water partition coefficient (Wildman–Crippen LogP) is 5.54. The molecule has 0 saturated carbocycles. The summed E-state index contributed by atoms with van der Waals surface area (Å²) in [5, 5.41) is 12.8. The van der Waals surface area contributed by atoms with E-state index < -0.39 is 0 Å². The molecule has 1 N–H and O–H groups in total. The number of carbonyl (C=O) groups excluding carboxylic acids is 2. The highest BCUT2D eigenvalue weighted by atomic mass is 35.5. The number of anilines is 1. The molecule has 4 aromatic rings. The van der Waals surface area contributed by atoms with Gasteiger partial charge < -0.3 is 10.2 Å². The first-order valence-corrected chi connectivity index (χ1v) is 13.8. The van der Waals surface area contributed by atoms with Crippen LogP contribution in [-0.2, 0) is 17.8 Å². The van der Waals surface area contributed by atoms with Crippen LogP contribution in [-0.4, -0.2) is 38.9 Å². The number of benzene rings is 3.